The number of unbranched alkanes of at least 4 members (excludes halogenated alkanes) is 7. The molecule has 0 rings (SSSR count). The molecule has 2 heteroatoms. The van der Waals surface area contributed by atoms with Gasteiger partial charge < -0.3 is 4.74 Å². The number of thiol groups is 1. The highest BCUT2D eigenvalue weighted by molar-refractivity contribution is 7.80. The van der Waals surface area contributed by atoms with Gasteiger partial charge in [0.2, 0.25) is 0 Å². The molecule has 0 N–H and O–H groups in total. The molecule has 0 aliphatic carbocycles. The summed E-state index contributed by atoms with van der Waals surface area (Å²) >= 11 is 3.97. The lowest BCUT2D eigenvalue weighted by Crippen LogP contribution is -1.91. The largest absolute Gasteiger partial charge is 0.371 e. The summed E-state index contributed by atoms with van der Waals surface area (Å²) in [6.45, 7) is 4.71. The molecule has 0 aliphatic heterocycles. The van der Waals surface area contributed by atoms with Crippen molar-refractivity contribution in [2.75, 3.05) is 12.5 Å². The van der Waals surface area contributed by atoms with E-state index in [0.717, 1.165) is 13.0 Å². The maximum atomic E-state index is 5.13. The summed E-state index contributed by atoms with van der Waals surface area (Å²) in [6, 6.07) is 0. The van der Waals surface area contributed by atoms with Crippen LogP contribution in [0.25, 0.3) is 0 Å². The number of rotatable bonds is 10. The third-order valence-corrected chi connectivity index (χ3v) is 2.31. The van der Waals surface area contributed by atoms with Gasteiger partial charge in [-0.05, 0) is 6.42 Å². The molecule has 0 fully saturated rings. The first-order chi connectivity index (χ1) is 6.41. The second-order valence-corrected chi connectivity index (χ2v) is 3.62. The van der Waals surface area contributed by atoms with Gasteiger partial charge in [0.15, 0.2) is 0 Å². The Hall–Kier alpha value is 0.310. The molecule has 0 aromatic heterocycles. The van der Waals surface area contributed by atoms with Crippen LogP contribution in [0.15, 0.2) is 0 Å². The molecular weight excluding hydrogens is 180 g/mol. The molecule has 0 bridgehead atoms. The van der Waals surface area contributed by atoms with E-state index in [2.05, 4.69) is 19.6 Å². The van der Waals surface area contributed by atoms with Crippen LogP contribution >= 0.6 is 12.6 Å². The number of ether oxygens (including phenoxy) is 1. The van der Waals surface area contributed by atoms with E-state index in [1.54, 1.807) is 0 Å². The standard InChI is InChI=1S/C11H23OS/c1-2-3-4-5-6-7-8-9-10-12-11-13/h13H,1-11H2. The van der Waals surface area contributed by atoms with Crippen molar-refractivity contribution in [1.82, 2.24) is 0 Å². The van der Waals surface area contributed by atoms with Crippen molar-refractivity contribution in [3.63, 3.8) is 0 Å². The molecule has 0 aromatic carbocycles. The summed E-state index contributed by atoms with van der Waals surface area (Å²) in [6.07, 6.45) is 10.3. The lowest BCUT2D eigenvalue weighted by Gasteiger charge is -2.01. The Morgan fingerprint density at radius 2 is 1.38 bits per heavy atom. The first-order valence-corrected chi connectivity index (χ1v) is 6.03. The van der Waals surface area contributed by atoms with Crippen LogP contribution in [0.4, 0.5) is 0 Å². The molecule has 79 valence electrons. The molecular formula is C11H23OS. The summed E-state index contributed by atoms with van der Waals surface area (Å²) in [5.74, 6) is 0.559. The molecule has 1 radical (unpaired) electrons. The normalized spacial score (nSPS) is 10.6. The van der Waals surface area contributed by atoms with Crippen molar-refractivity contribution in [2.24, 2.45) is 0 Å². The van der Waals surface area contributed by atoms with Gasteiger partial charge in [0.1, 0.15) is 0 Å². The van der Waals surface area contributed by atoms with Gasteiger partial charge in [0.05, 0.1) is 5.94 Å². The minimum Gasteiger partial charge on any atom is -0.371 e. The van der Waals surface area contributed by atoms with Crippen LogP contribution in [0, 0.1) is 6.92 Å². The molecule has 0 atom stereocenters. The Morgan fingerprint density at radius 3 is 1.92 bits per heavy atom. The van der Waals surface area contributed by atoms with Crippen LogP contribution in [-0.2, 0) is 4.74 Å². The predicted molar refractivity (Wildman–Crippen MR) is 62.1 cm³/mol. The SMILES string of the molecule is [CH2]CCCCCCCCCOCS. The third kappa shape index (κ3) is 12.3. The van der Waals surface area contributed by atoms with E-state index >= 15 is 0 Å². The molecule has 13 heavy (non-hydrogen) atoms. The molecule has 0 amide bonds. The molecule has 0 spiro atoms. The Labute approximate surface area is 88.7 Å². The maximum absolute atomic E-state index is 5.13. The first-order valence-electron chi connectivity index (χ1n) is 5.39. The third-order valence-electron chi connectivity index (χ3n) is 2.13. The molecule has 0 saturated heterocycles. The van der Waals surface area contributed by atoms with Crippen LogP contribution in [-0.4, -0.2) is 12.5 Å². The Morgan fingerprint density at radius 1 is 0.846 bits per heavy atom. The lowest BCUT2D eigenvalue weighted by atomic mass is 10.1. The van der Waals surface area contributed by atoms with Gasteiger partial charge in [-0.2, -0.15) is 12.6 Å². The highest BCUT2D eigenvalue weighted by Gasteiger charge is 1.90. The highest BCUT2D eigenvalue weighted by Crippen LogP contribution is 2.08. The summed E-state index contributed by atoms with van der Waals surface area (Å²) < 4.78 is 5.13. The Balaban J connectivity index is 2.76. The van der Waals surface area contributed by atoms with E-state index in [0.29, 0.717) is 5.94 Å². The zero-order valence-electron chi connectivity index (χ0n) is 8.63. The van der Waals surface area contributed by atoms with Crippen LogP contribution in [0.1, 0.15) is 51.4 Å². The van der Waals surface area contributed by atoms with E-state index in [9.17, 15) is 0 Å². The van der Waals surface area contributed by atoms with Gasteiger partial charge in [-0.3, -0.25) is 0 Å². The van der Waals surface area contributed by atoms with Crippen molar-refractivity contribution in [3.05, 3.63) is 6.92 Å². The number of hydrogen-bond acceptors (Lipinski definition) is 2. The van der Waals surface area contributed by atoms with Gasteiger partial charge >= 0.3 is 0 Å². The van der Waals surface area contributed by atoms with Crippen molar-refractivity contribution in [1.29, 1.82) is 0 Å². The van der Waals surface area contributed by atoms with E-state index in [1.807, 2.05) is 0 Å². The first kappa shape index (κ1) is 13.3. The van der Waals surface area contributed by atoms with Crippen LogP contribution in [0.5, 0.6) is 0 Å². The lowest BCUT2D eigenvalue weighted by molar-refractivity contribution is 0.178. The topological polar surface area (TPSA) is 9.23 Å². The van der Waals surface area contributed by atoms with Gasteiger partial charge in [0, 0.05) is 6.61 Å². The van der Waals surface area contributed by atoms with Gasteiger partial charge in [0.25, 0.3) is 0 Å². The summed E-state index contributed by atoms with van der Waals surface area (Å²) in [7, 11) is 0. The summed E-state index contributed by atoms with van der Waals surface area (Å²) in [5.41, 5.74) is 0. The van der Waals surface area contributed by atoms with Gasteiger partial charge in [-0.1, -0.05) is 51.9 Å². The molecule has 1 nitrogen and oxygen atoms in total. The molecule has 0 aliphatic rings. The zero-order chi connectivity index (χ0) is 9.78. The minimum absolute atomic E-state index is 0.559. The smallest absolute Gasteiger partial charge is 0.0892 e. The average Bonchev–Trinajstić information content (AvgIpc) is 2.16. The van der Waals surface area contributed by atoms with E-state index in [1.165, 1.54) is 44.9 Å². The molecule has 0 unspecified atom stereocenters. The fourth-order valence-corrected chi connectivity index (χ4v) is 1.46. The molecule has 0 saturated carbocycles. The maximum Gasteiger partial charge on any atom is 0.0892 e. The van der Waals surface area contributed by atoms with Crippen molar-refractivity contribution in [3.8, 4) is 0 Å². The minimum atomic E-state index is 0.559. The molecule has 0 heterocycles. The highest BCUT2D eigenvalue weighted by atomic mass is 32.1. The van der Waals surface area contributed by atoms with Crippen LogP contribution in [0.2, 0.25) is 0 Å². The van der Waals surface area contributed by atoms with Crippen molar-refractivity contribution in [2.45, 2.75) is 51.4 Å². The van der Waals surface area contributed by atoms with Gasteiger partial charge in [-0.15, -0.1) is 0 Å². The quantitative estimate of drug-likeness (QED) is 0.322. The van der Waals surface area contributed by atoms with Gasteiger partial charge in [-0.25, -0.2) is 0 Å². The fourth-order valence-electron chi connectivity index (χ4n) is 1.33. The zero-order valence-corrected chi connectivity index (χ0v) is 9.53. The second-order valence-electron chi connectivity index (χ2n) is 3.37. The van der Waals surface area contributed by atoms with E-state index in [4.69, 9.17) is 4.74 Å². The Kier molecular flexibility index (Phi) is 12.6. The van der Waals surface area contributed by atoms with E-state index < -0.39 is 0 Å². The predicted octanol–water partition coefficient (Wildman–Crippen LogP) is 3.85. The van der Waals surface area contributed by atoms with Crippen LogP contribution in [0.3, 0.4) is 0 Å². The van der Waals surface area contributed by atoms with Crippen molar-refractivity contribution >= 4 is 12.6 Å². The Bertz CT molecular complexity index is 76.2. The summed E-state index contributed by atoms with van der Waals surface area (Å²) in [5, 5.41) is 0. The summed E-state index contributed by atoms with van der Waals surface area (Å²) in [4.78, 5) is 0. The van der Waals surface area contributed by atoms with E-state index in [-0.39, 0.29) is 0 Å². The second kappa shape index (κ2) is 12.3. The van der Waals surface area contributed by atoms with Crippen LogP contribution < -0.4 is 0 Å². The monoisotopic (exact) mass is 203 g/mol. The molecule has 0 aromatic rings. The van der Waals surface area contributed by atoms with Crippen molar-refractivity contribution < 1.29 is 4.74 Å². The average molecular weight is 203 g/mol. The number of hydrogen-bond donors (Lipinski definition) is 1. The fraction of sp³-hybridized carbons (Fsp3) is 0.909.